The van der Waals surface area contributed by atoms with Crippen molar-refractivity contribution < 1.29 is 38.4 Å². The maximum Gasteiger partial charge on any atom is 0.243 e. The van der Waals surface area contributed by atoms with Crippen LogP contribution in [0.2, 0.25) is 0 Å². The second kappa shape index (κ2) is 34.4. The van der Waals surface area contributed by atoms with Crippen molar-refractivity contribution in [3.05, 3.63) is 71.9 Å². The average Bonchev–Trinajstić information content (AvgIpc) is 3.82. The monoisotopic (exact) mass is 1100 g/mol. The Kier molecular flexibility index (Phi) is 28.6. The van der Waals surface area contributed by atoms with Crippen molar-refractivity contribution in [3.8, 4) is 0 Å². The Labute approximate surface area is 461 Å². The van der Waals surface area contributed by atoms with Crippen molar-refractivity contribution in [3.63, 3.8) is 0 Å². The highest BCUT2D eigenvalue weighted by atomic mass is 32.2. The number of H-pyrrole nitrogens is 1. The highest BCUT2D eigenvalue weighted by Gasteiger charge is 2.35. The Morgan fingerprint density at radius 1 is 0.538 bits per heavy atom. The van der Waals surface area contributed by atoms with Crippen molar-refractivity contribution in [2.45, 2.75) is 141 Å². The van der Waals surface area contributed by atoms with Crippen LogP contribution >= 0.6 is 11.8 Å². The molecule has 0 saturated carbocycles. The van der Waals surface area contributed by atoms with E-state index in [2.05, 4.69) is 52.2 Å². The number of primary amides is 1. The standard InChI is InChI=1S/C53H84N16O8S/c1-31(2)27-41(67-45(71)32(3)15-13-24-60-52(56)57)50(76)65-39(21-14-25-61-53(58)59)46(72)64-38(20-11-12-23-54)47(73)69-43(29-35-30-62-37-19-10-9-18-36(35)37)51(77)66-40(22-26-78-5)48(74)68-42(28-34-16-7-6-8-17-34)49(75)63-33(4)44(55)70/h6-10,16-19,30-33,38-43,62H,11-15,20-29,54H2,1-5H3,(H2,55,70)(H,63,75)(H,64,72)(H,65,76)(H,66,77)(H,67,71)(H,68,74)(H,69,73)(H4,56,57,60)(H4,58,59,61)/t32-,33-,38-,39-,40-,41-,42-,43-/m0/s1. The largest absolute Gasteiger partial charge is 0.370 e. The van der Waals surface area contributed by atoms with E-state index >= 15 is 0 Å². The van der Waals surface area contributed by atoms with E-state index in [1.165, 1.54) is 18.7 Å². The summed E-state index contributed by atoms with van der Waals surface area (Å²) < 4.78 is 0. The van der Waals surface area contributed by atoms with Crippen LogP contribution in [0.25, 0.3) is 10.9 Å². The van der Waals surface area contributed by atoms with Crippen molar-refractivity contribution in [2.24, 2.45) is 56.2 Å². The molecule has 8 atom stereocenters. The minimum atomic E-state index is -1.33. The molecule has 0 unspecified atom stereocenters. The number of carbonyl (C=O) groups excluding carboxylic acids is 8. The van der Waals surface area contributed by atoms with Crippen molar-refractivity contribution in [1.29, 1.82) is 0 Å². The Bertz CT molecular complexity index is 2480. The zero-order chi connectivity index (χ0) is 57.7. The van der Waals surface area contributed by atoms with Gasteiger partial charge >= 0.3 is 0 Å². The van der Waals surface area contributed by atoms with Crippen LogP contribution in [-0.2, 0) is 51.2 Å². The molecule has 78 heavy (non-hydrogen) atoms. The molecule has 0 aliphatic carbocycles. The van der Waals surface area contributed by atoms with Crippen LogP contribution in [0.1, 0.15) is 96.6 Å². The molecule has 0 aliphatic heterocycles. The summed E-state index contributed by atoms with van der Waals surface area (Å²) in [5.74, 6) is -5.70. The van der Waals surface area contributed by atoms with Gasteiger partial charge in [-0.1, -0.05) is 69.3 Å². The van der Waals surface area contributed by atoms with E-state index in [1.807, 2.05) is 44.4 Å². The van der Waals surface area contributed by atoms with Gasteiger partial charge in [-0.15, -0.1) is 0 Å². The van der Waals surface area contributed by atoms with Crippen molar-refractivity contribution in [2.75, 3.05) is 31.6 Å². The van der Waals surface area contributed by atoms with Gasteiger partial charge in [-0.05, 0) is 106 Å². The number of fused-ring (bicyclic) bond motifs is 1. The predicted molar refractivity (Wildman–Crippen MR) is 305 cm³/mol. The van der Waals surface area contributed by atoms with E-state index in [1.54, 1.807) is 43.5 Å². The number of carbonyl (C=O) groups is 8. The summed E-state index contributed by atoms with van der Waals surface area (Å²) in [6, 6.07) is 8.00. The van der Waals surface area contributed by atoms with Gasteiger partial charge in [0.2, 0.25) is 47.3 Å². The number of rotatable bonds is 36. The smallest absolute Gasteiger partial charge is 0.243 e. The average molecular weight is 1110 g/mol. The highest BCUT2D eigenvalue weighted by Crippen LogP contribution is 2.20. The summed E-state index contributed by atoms with van der Waals surface area (Å²) >= 11 is 1.42. The van der Waals surface area contributed by atoms with Crippen LogP contribution in [0.5, 0.6) is 0 Å². The van der Waals surface area contributed by atoms with E-state index in [9.17, 15) is 38.4 Å². The number of aromatic nitrogens is 1. The zero-order valence-electron chi connectivity index (χ0n) is 45.6. The van der Waals surface area contributed by atoms with Crippen LogP contribution in [0.15, 0.2) is 70.8 Å². The van der Waals surface area contributed by atoms with Gasteiger partial charge in [0.05, 0.1) is 0 Å². The number of nitrogens with one attached hydrogen (secondary N) is 8. The maximum absolute atomic E-state index is 14.8. The molecule has 8 amide bonds. The molecule has 3 rings (SSSR count). The second-order valence-corrected chi connectivity index (χ2v) is 20.7. The Morgan fingerprint density at radius 3 is 1.56 bits per heavy atom. The number of aliphatic imine (C=N–C) groups is 2. The SMILES string of the molecule is CSCC[C@H](NC(=O)[C@H](Cc1c[nH]c2ccccc12)NC(=O)[C@H](CCCCN)NC(=O)[C@H](CCCN=C(N)N)NC(=O)[C@H](CC(C)C)NC(=O)[C@@H](C)CCCN=C(N)N)C(=O)N[C@@H](Cc1ccccc1)C(=O)N[C@@H](C)C(N)=O. The first kappa shape index (κ1) is 64.9. The first-order chi connectivity index (χ1) is 37.1. The zero-order valence-corrected chi connectivity index (χ0v) is 46.4. The molecule has 0 radical (unpaired) electrons. The summed E-state index contributed by atoms with van der Waals surface area (Å²) in [6.45, 7) is 7.65. The Morgan fingerprint density at radius 2 is 1.01 bits per heavy atom. The second-order valence-electron chi connectivity index (χ2n) is 19.7. The number of nitrogens with zero attached hydrogens (tertiary/aromatic N) is 2. The normalized spacial score (nSPS) is 14.2. The van der Waals surface area contributed by atoms with Gasteiger partial charge in [-0.25, -0.2) is 0 Å². The topological polar surface area (TPSA) is 417 Å². The molecule has 25 heteroatoms. The number of guanidine groups is 2. The van der Waals surface area contributed by atoms with Crippen LogP contribution in [-0.4, -0.2) is 138 Å². The van der Waals surface area contributed by atoms with Crippen molar-refractivity contribution in [1.82, 2.24) is 42.2 Å². The third-order valence-corrected chi connectivity index (χ3v) is 13.4. The number of unbranched alkanes of at least 4 members (excludes halogenated alkanes) is 1. The number of hydrogen-bond acceptors (Lipinski definition) is 12. The van der Waals surface area contributed by atoms with Crippen LogP contribution in [0.4, 0.5) is 0 Å². The van der Waals surface area contributed by atoms with Gasteiger partial charge < -0.3 is 76.6 Å². The first-order valence-electron chi connectivity index (χ1n) is 26.4. The van der Waals surface area contributed by atoms with Gasteiger partial charge in [0.25, 0.3) is 0 Å². The van der Waals surface area contributed by atoms with E-state index in [0.29, 0.717) is 49.1 Å². The predicted octanol–water partition coefficient (Wildman–Crippen LogP) is -0.477. The van der Waals surface area contributed by atoms with E-state index in [-0.39, 0.29) is 81.8 Å². The lowest BCUT2D eigenvalue weighted by Crippen LogP contribution is -2.60. The summed E-state index contributed by atoms with van der Waals surface area (Å²) in [5, 5.41) is 20.3. The number of aromatic amines is 1. The molecule has 1 heterocycles. The number of hydrogen-bond donors (Lipinski definition) is 14. The molecule has 0 spiro atoms. The lowest BCUT2D eigenvalue weighted by molar-refractivity contribution is -0.136. The fourth-order valence-electron chi connectivity index (χ4n) is 8.33. The van der Waals surface area contributed by atoms with Crippen molar-refractivity contribution >= 4 is 81.8 Å². The summed E-state index contributed by atoms with van der Waals surface area (Å²) in [7, 11) is 0. The summed E-state index contributed by atoms with van der Waals surface area (Å²) in [5.41, 5.74) is 35.5. The van der Waals surface area contributed by atoms with E-state index in [4.69, 9.17) is 34.4 Å². The van der Waals surface area contributed by atoms with Crippen LogP contribution in [0.3, 0.4) is 0 Å². The van der Waals surface area contributed by atoms with Crippen LogP contribution in [0, 0.1) is 11.8 Å². The highest BCUT2D eigenvalue weighted by molar-refractivity contribution is 7.98. The fourth-order valence-corrected chi connectivity index (χ4v) is 8.80. The summed E-state index contributed by atoms with van der Waals surface area (Å²) in [6.07, 6.45) is 6.06. The minimum Gasteiger partial charge on any atom is -0.370 e. The molecule has 0 bridgehead atoms. The lowest BCUT2D eigenvalue weighted by atomic mass is 9.99. The number of thioether (sulfide) groups is 1. The Balaban J connectivity index is 1.99. The molecule has 0 fully saturated rings. The van der Waals surface area contributed by atoms with E-state index in [0.717, 1.165) is 10.9 Å². The fraction of sp³-hybridized carbons (Fsp3) is 0.547. The molecule has 2 aromatic carbocycles. The third kappa shape index (κ3) is 23.5. The molecule has 1 aromatic heterocycles. The van der Waals surface area contributed by atoms with Crippen LogP contribution < -0.4 is 71.6 Å². The van der Waals surface area contributed by atoms with Gasteiger partial charge in [0, 0.05) is 48.9 Å². The summed E-state index contributed by atoms with van der Waals surface area (Å²) in [4.78, 5) is 122. The third-order valence-electron chi connectivity index (χ3n) is 12.7. The van der Waals surface area contributed by atoms with E-state index < -0.39 is 89.6 Å². The molecule has 0 aliphatic rings. The maximum atomic E-state index is 14.8. The quantitative estimate of drug-likeness (QED) is 0.0199. The molecular weight excluding hydrogens is 1020 g/mol. The number of nitrogens with two attached hydrogens (primary N) is 6. The number of amides is 8. The first-order valence-corrected chi connectivity index (χ1v) is 27.8. The van der Waals surface area contributed by atoms with Gasteiger partial charge in [-0.3, -0.25) is 48.3 Å². The molecular formula is C53H84N16O8S. The van der Waals surface area contributed by atoms with Gasteiger partial charge in [0.15, 0.2) is 11.9 Å². The molecule has 3 aromatic rings. The molecule has 24 nitrogen and oxygen atoms in total. The molecule has 20 N–H and O–H groups in total. The number of benzene rings is 2. The van der Waals surface area contributed by atoms with Gasteiger partial charge in [0.1, 0.15) is 42.3 Å². The minimum absolute atomic E-state index is 0.0260. The molecule has 0 saturated heterocycles. The molecule has 430 valence electrons. The number of para-hydroxylation sites is 1. The lowest BCUT2D eigenvalue weighted by Gasteiger charge is -2.28. The van der Waals surface area contributed by atoms with Gasteiger partial charge in [-0.2, -0.15) is 11.8 Å². The Hall–Kier alpha value is -7.41.